The number of quaternary nitrogens is 1. The van der Waals surface area contributed by atoms with Gasteiger partial charge in [0, 0.05) is 49.6 Å². The largest absolute Gasteiger partial charge is 0.545 e. The van der Waals surface area contributed by atoms with Crippen molar-refractivity contribution in [1.82, 2.24) is 0 Å². The van der Waals surface area contributed by atoms with Crippen LogP contribution >= 0.6 is 0 Å². The highest BCUT2D eigenvalue weighted by Crippen LogP contribution is 2.63. The number of anilines is 1. The molecule has 46 heavy (non-hydrogen) atoms. The maximum atomic E-state index is 13.5. The van der Waals surface area contributed by atoms with Gasteiger partial charge in [0.15, 0.2) is 11.5 Å². The Bertz CT molecular complexity index is 1580. The molecule has 0 radical (unpaired) electrons. The summed E-state index contributed by atoms with van der Waals surface area (Å²) in [6.45, 7) is 2.98. The van der Waals surface area contributed by atoms with E-state index in [1.54, 1.807) is 24.7 Å². The summed E-state index contributed by atoms with van der Waals surface area (Å²) in [4.78, 5) is 46.5. The van der Waals surface area contributed by atoms with Crippen molar-refractivity contribution in [1.29, 1.82) is 0 Å². The molecule has 5 aliphatic heterocycles. The number of carbonyl (C=O) groups excluding carboxylic acids is 2. The molecule has 5 heterocycles. The number of nitrogens with zero attached hydrogens (tertiary/aromatic N) is 3. The third-order valence-electron chi connectivity index (χ3n) is 10.6. The molecule has 15 nitrogen and oxygen atoms in total. The molecule has 8 rings (SSSR count). The summed E-state index contributed by atoms with van der Waals surface area (Å²) in [5, 5.41) is 38.0. The molecule has 2 N–H and O–H groups in total. The van der Waals surface area contributed by atoms with Gasteiger partial charge in [-0.05, 0) is 23.1 Å². The zero-order valence-electron chi connectivity index (χ0n) is 25.5. The van der Waals surface area contributed by atoms with Crippen LogP contribution in [0.3, 0.4) is 0 Å². The number of benzene rings is 2. The first kappa shape index (κ1) is 31.4. The highest BCUT2D eigenvalue weighted by Gasteiger charge is 2.73. The van der Waals surface area contributed by atoms with Crippen LogP contribution in [0.25, 0.3) is 0 Å². The Labute approximate surface area is 263 Å². The van der Waals surface area contributed by atoms with Gasteiger partial charge >= 0.3 is 0 Å². The van der Waals surface area contributed by atoms with E-state index in [-0.39, 0.29) is 23.5 Å². The van der Waals surface area contributed by atoms with Crippen LogP contribution in [0.1, 0.15) is 35.2 Å². The first-order chi connectivity index (χ1) is 22.1. The van der Waals surface area contributed by atoms with Crippen molar-refractivity contribution in [3.8, 4) is 11.5 Å². The zero-order valence-corrected chi connectivity index (χ0v) is 25.5. The predicted molar refractivity (Wildman–Crippen MR) is 158 cm³/mol. The van der Waals surface area contributed by atoms with E-state index in [0.29, 0.717) is 54.9 Å². The highest BCUT2D eigenvalue weighted by molar-refractivity contribution is 5.99. The molecule has 244 valence electrons. The number of aromatic carboxylic acids is 1. The van der Waals surface area contributed by atoms with E-state index in [1.165, 1.54) is 18.5 Å². The quantitative estimate of drug-likeness (QED) is 0.257. The molecule has 6 aliphatic rings. The van der Waals surface area contributed by atoms with Crippen molar-refractivity contribution in [3.05, 3.63) is 73.3 Å². The molecule has 15 heteroatoms. The Kier molecular flexibility index (Phi) is 7.94. The third-order valence-corrected chi connectivity index (χ3v) is 10.6. The van der Waals surface area contributed by atoms with Crippen LogP contribution in [0, 0.1) is 32.1 Å². The van der Waals surface area contributed by atoms with Gasteiger partial charge in [-0.1, -0.05) is 6.08 Å². The first-order valence-electron chi connectivity index (χ1n) is 14.9. The number of carboxylic acids is 1. The molecule has 1 amide bonds. The summed E-state index contributed by atoms with van der Waals surface area (Å²) in [5.74, 6) is 0.927. The van der Waals surface area contributed by atoms with E-state index in [9.17, 15) is 34.9 Å². The minimum absolute atomic E-state index is 0.0128. The number of rotatable bonds is 5. The second-order valence-electron chi connectivity index (χ2n) is 12.2. The molecular weight excluding hydrogens is 604 g/mol. The number of nitro groups is 2. The Balaban J connectivity index is 0.000000187. The van der Waals surface area contributed by atoms with Crippen LogP contribution in [0.2, 0.25) is 0 Å². The van der Waals surface area contributed by atoms with Crippen LogP contribution in [0.5, 0.6) is 11.5 Å². The number of methoxy groups -OCH3 is 2. The van der Waals surface area contributed by atoms with E-state index in [1.807, 2.05) is 0 Å². The molecule has 1 saturated carbocycles. The van der Waals surface area contributed by atoms with E-state index < -0.39 is 32.8 Å². The number of non-ortho nitro benzene ring substituents is 2. The van der Waals surface area contributed by atoms with Gasteiger partial charge in [-0.2, -0.15) is 0 Å². The van der Waals surface area contributed by atoms with Crippen molar-refractivity contribution in [2.75, 3.05) is 45.9 Å². The van der Waals surface area contributed by atoms with Crippen LogP contribution < -0.4 is 24.4 Å². The number of aliphatic hydroxyl groups is 1. The number of nitrogens with one attached hydrogen (secondary N) is 1. The summed E-state index contributed by atoms with van der Waals surface area (Å²) < 4.78 is 17.6. The fraction of sp³-hybridized carbons (Fsp3) is 0.484. The third kappa shape index (κ3) is 4.52. The highest BCUT2D eigenvalue weighted by atomic mass is 16.6. The Hall–Kier alpha value is -4.60. The average Bonchev–Trinajstić information content (AvgIpc) is 3.52. The average molecular weight is 639 g/mol. The molecule has 2 bridgehead atoms. The number of piperidine rings is 2. The number of carboxylic acid groups (broad SMARTS) is 1. The minimum Gasteiger partial charge on any atom is -0.545 e. The van der Waals surface area contributed by atoms with Gasteiger partial charge in [-0.25, -0.2) is 0 Å². The lowest BCUT2D eigenvalue weighted by Gasteiger charge is -2.56. The Morgan fingerprint density at radius 2 is 1.72 bits per heavy atom. The standard InChI is InChI=1S/C23H26N2O4.C7H4N2O6.CH4O/c1-27-16-8-14-15(9-17(16)28-2)25-20(26)10-18-21-13-7-19-23(14,22(21)25)4-5-24(19)11-12(13)3-6-29-18;10-7(11)4-1-5(8(12)13)3-6(2-4)9(14)15;1-2/h3,8-9,13,18-19,21-22H,4-7,10-11H2,1-2H3;1-3H,(H,10,11);2H,1H3/t13-,18-,19-,21-,22-,23+;;/m0../s1. The second-order valence-corrected chi connectivity index (χ2v) is 12.2. The van der Waals surface area contributed by atoms with Crippen LogP contribution in [0.15, 0.2) is 42.0 Å². The number of hydrogen-bond donors (Lipinski definition) is 2. The van der Waals surface area contributed by atoms with Gasteiger partial charge in [0.05, 0.1) is 85.5 Å². The summed E-state index contributed by atoms with van der Waals surface area (Å²) in [7, 11) is 4.37. The van der Waals surface area contributed by atoms with E-state index in [4.69, 9.17) is 19.3 Å². The van der Waals surface area contributed by atoms with E-state index in [0.717, 1.165) is 31.5 Å². The lowest BCUT2D eigenvalue weighted by atomic mass is 9.53. The van der Waals surface area contributed by atoms with Gasteiger partial charge in [0.2, 0.25) is 5.91 Å². The molecule has 4 fully saturated rings. The van der Waals surface area contributed by atoms with Crippen molar-refractivity contribution in [3.63, 3.8) is 0 Å². The number of amides is 1. The van der Waals surface area contributed by atoms with Crippen molar-refractivity contribution >= 4 is 28.9 Å². The molecule has 2 aromatic carbocycles. The monoisotopic (exact) mass is 638 g/mol. The maximum absolute atomic E-state index is 13.5. The van der Waals surface area contributed by atoms with Gasteiger partial charge < -0.3 is 39.0 Å². The number of fused-ring (bicyclic) bond motifs is 2. The Morgan fingerprint density at radius 3 is 2.33 bits per heavy atom. The lowest BCUT2D eigenvalue weighted by molar-refractivity contribution is -0.916. The van der Waals surface area contributed by atoms with Crippen LogP contribution in [-0.2, 0) is 14.9 Å². The minimum atomic E-state index is -1.71. The smallest absolute Gasteiger partial charge is 0.276 e. The molecule has 1 unspecified atom stereocenters. The molecule has 1 aliphatic carbocycles. The number of hydrogen-bond acceptors (Lipinski definition) is 11. The number of ether oxygens (including phenoxy) is 3. The van der Waals surface area contributed by atoms with Gasteiger partial charge in [0.25, 0.3) is 11.4 Å². The predicted octanol–water partition coefficient (Wildman–Crippen LogP) is 0.168. The molecule has 2 aromatic rings. The summed E-state index contributed by atoms with van der Waals surface area (Å²) in [6.07, 6.45) is 5.22. The molecule has 7 atom stereocenters. The van der Waals surface area contributed by atoms with Crippen molar-refractivity contribution < 1.29 is 48.8 Å². The van der Waals surface area contributed by atoms with Gasteiger partial charge in [-0.15, -0.1) is 0 Å². The van der Waals surface area contributed by atoms with Gasteiger partial charge in [-0.3, -0.25) is 25.0 Å². The molecule has 1 spiro atoms. The van der Waals surface area contributed by atoms with Crippen molar-refractivity contribution in [2.45, 2.75) is 42.9 Å². The van der Waals surface area contributed by atoms with E-state index >= 15 is 0 Å². The second kappa shape index (κ2) is 11.6. The lowest BCUT2D eigenvalue weighted by Crippen LogP contribution is -3.16. The van der Waals surface area contributed by atoms with E-state index in [2.05, 4.69) is 23.1 Å². The zero-order chi connectivity index (χ0) is 33.1. The fourth-order valence-corrected chi connectivity index (χ4v) is 9.02. The number of carbonyl (C=O) groups is 2. The van der Waals surface area contributed by atoms with Crippen molar-refractivity contribution in [2.24, 2.45) is 11.8 Å². The van der Waals surface area contributed by atoms with Gasteiger partial charge in [0.1, 0.15) is 6.04 Å². The fourth-order valence-electron chi connectivity index (χ4n) is 9.02. The Morgan fingerprint density at radius 1 is 1.07 bits per heavy atom. The SMILES string of the molecule is CO.COc1cc2c(cc1OC)[C@@]13CC[NH+]4CC5=CCO[C@H]6CC(=O)N2[C@H]1[C@H]6[C@H]5C[C@H]43.O=C([O-])c1cc([N+](=O)[O-])cc([N+](=O)[O-])c1. The number of aliphatic hydroxyl groups excluding tert-OH is 1. The summed E-state index contributed by atoms with van der Waals surface area (Å²) in [5.41, 5.74) is 2.03. The molecular formula is C31H34N4O11. The summed E-state index contributed by atoms with van der Waals surface area (Å²) in [6, 6.07) is 7.06. The first-order valence-corrected chi connectivity index (χ1v) is 14.9. The van der Waals surface area contributed by atoms with Crippen LogP contribution in [-0.4, -0.2) is 86.0 Å². The normalized spacial score (nSPS) is 30.3. The number of nitro benzene ring substituents is 2. The summed E-state index contributed by atoms with van der Waals surface area (Å²) >= 11 is 0. The topological polar surface area (TPSA) is 199 Å². The molecule has 0 aromatic heterocycles. The van der Waals surface area contributed by atoms with Crippen LogP contribution in [0.4, 0.5) is 17.1 Å². The maximum Gasteiger partial charge on any atom is 0.276 e. The molecule has 3 saturated heterocycles.